The zero-order valence-electron chi connectivity index (χ0n) is 14.9. The molecule has 7 heteroatoms. The summed E-state index contributed by atoms with van der Waals surface area (Å²) in [6.45, 7) is 1.04. The van der Waals surface area contributed by atoms with Gasteiger partial charge in [-0.2, -0.15) is 0 Å². The number of nitrogens with zero attached hydrogens (tertiary/aromatic N) is 2. The highest BCUT2D eigenvalue weighted by atomic mass is 16.6. The van der Waals surface area contributed by atoms with Crippen LogP contribution in [0.2, 0.25) is 0 Å². The molecular formula is C20H19N3O4. The van der Waals surface area contributed by atoms with E-state index in [4.69, 9.17) is 14.2 Å². The molecule has 3 aromatic rings. The number of amides is 1. The van der Waals surface area contributed by atoms with Gasteiger partial charge in [-0.05, 0) is 24.3 Å². The molecule has 1 N–H and O–H groups in total. The average molecular weight is 365 g/mol. The first kappa shape index (κ1) is 17.1. The van der Waals surface area contributed by atoms with Crippen molar-refractivity contribution in [2.24, 2.45) is 0 Å². The number of hydrogen-bond donors (Lipinski definition) is 1. The fraction of sp³-hybridized carbons (Fsp3) is 0.250. The Balaban J connectivity index is 1.44. The van der Waals surface area contributed by atoms with E-state index in [1.807, 2.05) is 24.3 Å². The molecule has 0 aliphatic carbocycles. The van der Waals surface area contributed by atoms with Gasteiger partial charge in [-0.1, -0.05) is 12.1 Å². The molecular weight excluding hydrogens is 346 g/mol. The van der Waals surface area contributed by atoms with Crippen LogP contribution in [-0.4, -0.2) is 36.2 Å². The number of benzene rings is 2. The van der Waals surface area contributed by atoms with Gasteiger partial charge in [-0.3, -0.25) is 4.79 Å². The van der Waals surface area contributed by atoms with Crippen LogP contribution in [0, 0.1) is 0 Å². The second-order valence-electron chi connectivity index (χ2n) is 6.07. The fourth-order valence-electron chi connectivity index (χ4n) is 2.92. The zero-order valence-corrected chi connectivity index (χ0v) is 14.9. The maximum atomic E-state index is 12.3. The highest BCUT2D eigenvalue weighted by Crippen LogP contribution is 2.32. The van der Waals surface area contributed by atoms with Crippen LogP contribution in [-0.2, 0) is 11.2 Å². The standard InChI is InChI=1S/C20H19N3O4/c1-25-20-16(22-14-4-2-3-5-15(14)23-20)7-9-19(24)21-13-6-8-17-18(12-13)27-11-10-26-17/h2-6,8,12H,7,9-11H2,1H3,(H,21,24). The highest BCUT2D eigenvalue weighted by molar-refractivity contribution is 5.91. The maximum Gasteiger partial charge on any atom is 0.235 e. The van der Waals surface area contributed by atoms with Gasteiger partial charge < -0.3 is 19.5 Å². The molecule has 1 aliphatic heterocycles. The van der Waals surface area contributed by atoms with E-state index in [1.165, 1.54) is 0 Å². The summed E-state index contributed by atoms with van der Waals surface area (Å²) in [5.41, 5.74) is 2.87. The lowest BCUT2D eigenvalue weighted by atomic mass is 10.2. The molecule has 0 unspecified atom stereocenters. The first-order valence-electron chi connectivity index (χ1n) is 8.72. The number of methoxy groups -OCH3 is 1. The van der Waals surface area contributed by atoms with Crippen LogP contribution in [0.25, 0.3) is 11.0 Å². The van der Waals surface area contributed by atoms with Crippen molar-refractivity contribution in [2.45, 2.75) is 12.8 Å². The molecule has 1 aromatic heterocycles. The molecule has 138 valence electrons. The van der Waals surface area contributed by atoms with Crippen molar-refractivity contribution in [3.63, 3.8) is 0 Å². The number of ether oxygens (including phenoxy) is 3. The SMILES string of the molecule is COc1nc2ccccc2nc1CCC(=O)Nc1ccc2c(c1)OCCO2. The minimum atomic E-state index is -0.122. The first-order valence-corrected chi connectivity index (χ1v) is 8.72. The van der Waals surface area contributed by atoms with Gasteiger partial charge in [0.05, 0.1) is 18.1 Å². The Morgan fingerprint density at radius 1 is 1.07 bits per heavy atom. The predicted molar refractivity (Wildman–Crippen MR) is 100 cm³/mol. The lowest BCUT2D eigenvalue weighted by Crippen LogP contribution is -2.16. The number of anilines is 1. The first-order chi connectivity index (χ1) is 13.2. The number of fused-ring (bicyclic) bond motifs is 2. The lowest BCUT2D eigenvalue weighted by molar-refractivity contribution is -0.116. The van der Waals surface area contributed by atoms with Crippen molar-refractivity contribution in [1.29, 1.82) is 0 Å². The van der Waals surface area contributed by atoms with Crippen molar-refractivity contribution >= 4 is 22.6 Å². The maximum absolute atomic E-state index is 12.3. The number of aromatic nitrogens is 2. The topological polar surface area (TPSA) is 82.6 Å². The van der Waals surface area contributed by atoms with E-state index in [2.05, 4.69) is 15.3 Å². The Hall–Kier alpha value is -3.35. The molecule has 27 heavy (non-hydrogen) atoms. The van der Waals surface area contributed by atoms with E-state index in [1.54, 1.807) is 25.3 Å². The number of para-hydroxylation sites is 2. The minimum absolute atomic E-state index is 0.122. The van der Waals surface area contributed by atoms with E-state index >= 15 is 0 Å². The van der Waals surface area contributed by atoms with E-state index in [-0.39, 0.29) is 12.3 Å². The molecule has 4 rings (SSSR count). The second-order valence-corrected chi connectivity index (χ2v) is 6.07. The summed E-state index contributed by atoms with van der Waals surface area (Å²) < 4.78 is 16.3. The van der Waals surface area contributed by atoms with E-state index in [0.717, 1.165) is 11.0 Å². The van der Waals surface area contributed by atoms with Crippen molar-refractivity contribution < 1.29 is 19.0 Å². The molecule has 0 fully saturated rings. The van der Waals surface area contributed by atoms with Crippen LogP contribution >= 0.6 is 0 Å². The van der Waals surface area contributed by atoms with Crippen LogP contribution in [0.5, 0.6) is 17.4 Å². The molecule has 1 amide bonds. The Morgan fingerprint density at radius 3 is 2.59 bits per heavy atom. The van der Waals surface area contributed by atoms with Gasteiger partial charge in [0.25, 0.3) is 0 Å². The van der Waals surface area contributed by atoms with Crippen LogP contribution < -0.4 is 19.5 Å². The third-order valence-corrected chi connectivity index (χ3v) is 4.21. The van der Waals surface area contributed by atoms with Crippen LogP contribution in [0.1, 0.15) is 12.1 Å². The predicted octanol–water partition coefficient (Wildman–Crippen LogP) is 2.98. The number of carbonyl (C=O) groups excluding carboxylic acids is 1. The quantitative estimate of drug-likeness (QED) is 0.748. The average Bonchev–Trinajstić information content (AvgIpc) is 2.71. The van der Waals surface area contributed by atoms with Gasteiger partial charge in [0.1, 0.15) is 18.9 Å². The van der Waals surface area contributed by atoms with Crippen molar-refractivity contribution in [2.75, 3.05) is 25.6 Å². The van der Waals surface area contributed by atoms with Crippen LogP contribution in [0.15, 0.2) is 42.5 Å². The number of hydrogen-bond acceptors (Lipinski definition) is 6. The summed E-state index contributed by atoms with van der Waals surface area (Å²) in [5.74, 6) is 1.65. The highest BCUT2D eigenvalue weighted by Gasteiger charge is 2.14. The zero-order chi connectivity index (χ0) is 18.6. The normalized spacial score (nSPS) is 12.6. The van der Waals surface area contributed by atoms with Crippen molar-refractivity contribution in [3.05, 3.63) is 48.2 Å². The molecule has 0 radical (unpaired) electrons. The van der Waals surface area contributed by atoms with Gasteiger partial charge in [0, 0.05) is 24.6 Å². The van der Waals surface area contributed by atoms with E-state index < -0.39 is 0 Å². The molecule has 0 spiro atoms. The molecule has 2 heterocycles. The minimum Gasteiger partial charge on any atom is -0.486 e. The van der Waals surface area contributed by atoms with Gasteiger partial charge in [0.2, 0.25) is 11.8 Å². The number of aryl methyl sites for hydroxylation is 1. The number of rotatable bonds is 5. The summed E-state index contributed by atoms with van der Waals surface area (Å²) in [5, 5.41) is 2.87. The molecule has 0 bridgehead atoms. The molecule has 0 atom stereocenters. The van der Waals surface area contributed by atoms with Crippen molar-refractivity contribution in [1.82, 2.24) is 9.97 Å². The summed E-state index contributed by atoms with van der Waals surface area (Å²) >= 11 is 0. The summed E-state index contributed by atoms with van der Waals surface area (Å²) in [6, 6.07) is 12.9. The Bertz CT molecular complexity index is 990. The van der Waals surface area contributed by atoms with Gasteiger partial charge in [-0.25, -0.2) is 9.97 Å². The van der Waals surface area contributed by atoms with Gasteiger partial charge in [-0.15, -0.1) is 0 Å². The molecule has 1 aliphatic rings. The smallest absolute Gasteiger partial charge is 0.235 e. The Morgan fingerprint density at radius 2 is 1.81 bits per heavy atom. The number of nitrogens with one attached hydrogen (secondary N) is 1. The van der Waals surface area contributed by atoms with Gasteiger partial charge in [0.15, 0.2) is 11.5 Å². The lowest BCUT2D eigenvalue weighted by Gasteiger charge is -2.19. The third-order valence-electron chi connectivity index (χ3n) is 4.21. The monoisotopic (exact) mass is 365 g/mol. The Labute approximate surface area is 156 Å². The van der Waals surface area contributed by atoms with Crippen molar-refractivity contribution in [3.8, 4) is 17.4 Å². The fourth-order valence-corrected chi connectivity index (χ4v) is 2.92. The largest absolute Gasteiger partial charge is 0.486 e. The molecule has 2 aromatic carbocycles. The van der Waals surface area contributed by atoms with Crippen LogP contribution in [0.3, 0.4) is 0 Å². The van der Waals surface area contributed by atoms with Crippen LogP contribution in [0.4, 0.5) is 5.69 Å². The Kier molecular flexibility index (Phi) is 4.74. The van der Waals surface area contributed by atoms with E-state index in [0.29, 0.717) is 48.4 Å². The van der Waals surface area contributed by atoms with Gasteiger partial charge >= 0.3 is 0 Å². The molecule has 0 saturated heterocycles. The molecule has 7 nitrogen and oxygen atoms in total. The third kappa shape index (κ3) is 3.76. The summed E-state index contributed by atoms with van der Waals surface area (Å²) in [4.78, 5) is 21.4. The summed E-state index contributed by atoms with van der Waals surface area (Å²) in [6.07, 6.45) is 0.690. The molecule has 0 saturated carbocycles. The van der Waals surface area contributed by atoms with E-state index in [9.17, 15) is 4.79 Å². The second kappa shape index (κ2) is 7.49. The number of carbonyl (C=O) groups is 1. The summed E-state index contributed by atoms with van der Waals surface area (Å²) in [7, 11) is 1.55.